The van der Waals surface area contributed by atoms with Gasteiger partial charge in [-0.25, -0.2) is 9.79 Å². The summed E-state index contributed by atoms with van der Waals surface area (Å²) in [5, 5.41) is 9.92. The number of hydrogen-bond acceptors (Lipinski definition) is 7. The Hall–Kier alpha value is -3.63. The Morgan fingerprint density at radius 1 is 1.16 bits per heavy atom. The van der Waals surface area contributed by atoms with E-state index in [1.165, 1.54) is 7.11 Å². The number of methoxy groups -OCH3 is 1. The largest absolute Gasteiger partial charge is 0.490 e. The van der Waals surface area contributed by atoms with Gasteiger partial charge in [0, 0.05) is 6.21 Å². The van der Waals surface area contributed by atoms with Crippen LogP contribution in [0.25, 0.3) is 0 Å². The average Bonchev–Trinajstić information content (AvgIpc) is 3.12. The van der Waals surface area contributed by atoms with Gasteiger partial charge in [0.15, 0.2) is 11.5 Å². The van der Waals surface area contributed by atoms with E-state index in [1.807, 2.05) is 55.5 Å². The third-order valence-electron chi connectivity index (χ3n) is 4.45. The molecule has 158 valence electrons. The Morgan fingerprint density at radius 3 is 2.61 bits per heavy atom. The molecule has 0 bridgehead atoms. The first kappa shape index (κ1) is 22.1. The van der Waals surface area contributed by atoms with E-state index in [-0.39, 0.29) is 0 Å². The minimum atomic E-state index is -0.473. The van der Waals surface area contributed by atoms with E-state index >= 15 is 0 Å². The first-order valence-electron chi connectivity index (χ1n) is 9.66. The third-order valence-corrected chi connectivity index (χ3v) is 5.63. The molecule has 7 heteroatoms. The summed E-state index contributed by atoms with van der Waals surface area (Å²) in [5.74, 6) is 0.778. The maximum Gasteiger partial charge on any atom is 0.348 e. The van der Waals surface area contributed by atoms with Crippen LogP contribution in [0.1, 0.15) is 38.8 Å². The zero-order valence-electron chi connectivity index (χ0n) is 17.5. The summed E-state index contributed by atoms with van der Waals surface area (Å²) >= 11 is 1.14. The molecule has 1 heterocycles. The molecule has 0 spiro atoms. The quantitative estimate of drug-likeness (QED) is 0.348. The zero-order chi connectivity index (χ0) is 22.2. The van der Waals surface area contributed by atoms with E-state index in [0.29, 0.717) is 45.7 Å². The van der Waals surface area contributed by atoms with Crippen molar-refractivity contribution < 1.29 is 19.0 Å². The highest BCUT2D eigenvalue weighted by Crippen LogP contribution is 2.35. The van der Waals surface area contributed by atoms with Crippen molar-refractivity contribution in [3.8, 4) is 17.6 Å². The summed E-state index contributed by atoms with van der Waals surface area (Å²) in [4.78, 5) is 16.7. The summed E-state index contributed by atoms with van der Waals surface area (Å²) in [5.41, 5.74) is 2.79. The molecule has 0 aliphatic rings. The number of aliphatic imine (C=N–C) groups is 1. The number of nitrogens with zero attached hydrogens (tertiary/aromatic N) is 2. The number of hydrogen-bond donors (Lipinski definition) is 0. The molecular formula is C24H22N2O4S. The topological polar surface area (TPSA) is 80.9 Å². The van der Waals surface area contributed by atoms with E-state index in [4.69, 9.17) is 14.2 Å². The van der Waals surface area contributed by atoms with Crippen molar-refractivity contribution in [3.05, 3.63) is 75.7 Å². The van der Waals surface area contributed by atoms with Gasteiger partial charge in [-0.05, 0) is 48.7 Å². The molecule has 0 aliphatic carbocycles. The third kappa shape index (κ3) is 5.30. The lowest BCUT2D eigenvalue weighted by molar-refractivity contribution is 0.0605. The lowest BCUT2D eigenvalue weighted by Crippen LogP contribution is -2.00. The van der Waals surface area contributed by atoms with Gasteiger partial charge in [0.1, 0.15) is 22.6 Å². The van der Waals surface area contributed by atoms with Crippen LogP contribution >= 0.6 is 11.3 Å². The van der Waals surface area contributed by atoms with E-state index < -0.39 is 5.97 Å². The van der Waals surface area contributed by atoms with E-state index in [2.05, 4.69) is 11.1 Å². The minimum Gasteiger partial charge on any atom is -0.490 e. The molecule has 3 rings (SSSR count). The molecule has 0 aliphatic heterocycles. The Labute approximate surface area is 185 Å². The second-order valence-corrected chi connectivity index (χ2v) is 7.51. The van der Waals surface area contributed by atoms with Gasteiger partial charge in [-0.2, -0.15) is 5.26 Å². The average molecular weight is 435 g/mol. The maximum atomic E-state index is 11.9. The van der Waals surface area contributed by atoms with Crippen molar-refractivity contribution in [2.24, 2.45) is 4.99 Å². The van der Waals surface area contributed by atoms with Gasteiger partial charge in [-0.1, -0.05) is 30.3 Å². The first-order valence-corrected chi connectivity index (χ1v) is 10.5. The molecule has 3 aromatic rings. The Bertz CT molecular complexity index is 1130. The van der Waals surface area contributed by atoms with Crippen molar-refractivity contribution in [1.82, 2.24) is 0 Å². The highest BCUT2D eigenvalue weighted by atomic mass is 32.1. The zero-order valence-corrected chi connectivity index (χ0v) is 18.4. The number of nitriles is 1. The number of thiophene rings is 1. The lowest BCUT2D eigenvalue weighted by Gasteiger charge is -2.12. The number of ether oxygens (including phenoxy) is 3. The van der Waals surface area contributed by atoms with Crippen molar-refractivity contribution in [3.63, 3.8) is 0 Å². The Kier molecular flexibility index (Phi) is 7.41. The SMILES string of the molecule is CCOc1cc(/C=N/c2sc(C(=O)OC)c(C)c2C#N)ccc1OCc1ccccc1. The van der Waals surface area contributed by atoms with Crippen LogP contribution in [-0.2, 0) is 11.3 Å². The minimum absolute atomic E-state index is 0.370. The molecule has 2 aromatic carbocycles. The fraction of sp³-hybridized carbons (Fsp3) is 0.208. The van der Waals surface area contributed by atoms with Crippen LogP contribution in [0.3, 0.4) is 0 Å². The predicted molar refractivity (Wildman–Crippen MR) is 121 cm³/mol. The van der Waals surface area contributed by atoms with Crippen LogP contribution < -0.4 is 9.47 Å². The van der Waals surface area contributed by atoms with Crippen LogP contribution in [0.5, 0.6) is 11.5 Å². The molecule has 6 nitrogen and oxygen atoms in total. The second-order valence-electron chi connectivity index (χ2n) is 6.51. The Morgan fingerprint density at radius 2 is 1.94 bits per heavy atom. The van der Waals surface area contributed by atoms with Gasteiger partial charge < -0.3 is 14.2 Å². The molecule has 0 atom stereocenters. The molecule has 0 saturated carbocycles. The van der Waals surface area contributed by atoms with Gasteiger partial charge >= 0.3 is 5.97 Å². The fourth-order valence-electron chi connectivity index (χ4n) is 2.87. The van der Waals surface area contributed by atoms with Gasteiger partial charge in [0.2, 0.25) is 0 Å². The number of rotatable bonds is 8. The second kappa shape index (κ2) is 10.4. The standard InChI is InChI=1S/C24H22N2O4S/c1-4-29-21-12-18(10-11-20(21)30-15-17-8-6-5-7-9-17)14-26-23-19(13-25)16(2)22(31-23)24(27)28-3/h5-12,14H,4,15H2,1-3H3/b26-14+. The highest BCUT2D eigenvalue weighted by Gasteiger charge is 2.20. The van der Waals surface area contributed by atoms with Crippen LogP contribution in [0, 0.1) is 18.3 Å². The smallest absolute Gasteiger partial charge is 0.348 e. The fourth-order valence-corrected chi connectivity index (χ4v) is 3.89. The van der Waals surface area contributed by atoms with Gasteiger partial charge in [0.25, 0.3) is 0 Å². The van der Waals surface area contributed by atoms with Crippen LogP contribution in [-0.4, -0.2) is 25.9 Å². The summed E-state index contributed by atoms with van der Waals surface area (Å²) < 4.78 is 16.4. The van der Waals surface area contributed by atoms with Crippen LogP contribution in [0.2, 0.25) is 0 Å². The van der Waals surface area contributed by atoms with E-state index in [9.17, 15) is 10.1 Å². The molecule has 31 heavy (non-hydrogen) atoms. The van der Waals surface area contributed by atoms with Crippen LogP contribution in [0.4, 0.5) is 5.00 Å². The monoisotopic (exact) mass is 434 g/mol. The molecule has 1 aromatic heterocycles. The Balaban J connectivity index is 1.83. The number of carbonyl (C=O) groups excluding carboxylic acids is 1. The summed E-state index contributed by atoms with van der Waals surface area (Å²) in [6.07, 6.45) is 1.64. The number of benzene rings is 2. The summed E-state index contributed by atoms with van der Waals surface area (Å²) in [6.45, 7) is 4.55. The van der Waals surface area contributed by atoms with E-state index in [0.717, 1.165) is 22.5 Å². The highest BCUT2D eigenvalue weighted by molar-refractivity contribution is 7.18. The van der Waals surface area contributed by atoms with Gasteiger partial charge in [-0.15, -0.1) is 11.3 Å². The summed E-state index contributed by atoms with van der Waals surface area (Å²) in [6, 6.07) is 17.5. The van der Waals surface area contributed by atoms with Crippen LogP contribution in [0.15, 0.2) is 53.5 Å². The van der Waals surface area contributed by atoms with E-state index in [1.54, 1.807) is 13.1 Å². The molecule has 0 N–H and O–H groups in total. The van der Waals surface area contributed by atoms with Crippen molar-refractivity contribution >= 4 is 28.5 Å². The van der Waals surface area contributed by atoms with Gasteiger partial charge in [-0.3, -0.25) is 0 Å². The van der Waals surface area contributed by atoms with Crippen molar-refractivity contribution in [2.45, 2.75) is 20.5 Å². The number of carbonyl (C=O) groups is 1. The lowest BCUT2D eigenvalue weighted by atomic mass is 10.2. The predicted octanol–water partition coefficient (Wildman–Crippen LogP) is 5.44. The molecule has 0 unspecified atom stereocenters. The summed E-state index contributed by atoms with van der Waals surface area (Å²) in [7, 11) is 1.31. The molecule has 0 saturated heterocycles. The molecular weight excluding hydrogens is 412 g/mol. The van der Waals surface area contributed by atoms with Crippen molar-refractivity contribution in [2.75, 3.05) is 13.7 Å². The maximum absolute atomic E-state index is 11.9. The molecule has 0 fully saturated rings. The normalized spacial score (nSPS) is 10.6. The van der Waals surface area contributed by atoms with Gasteiger partial charge in [0.05, 0.1) is 19.3 Å². The molecule has 0 radical (unpaired) electrons. The first-order chi connectivity index (χ1) is 15.1. The van der Waals surface area contributed by atoms with Crippen molar-refractivity contribution in [1.29, 1.82) is 5.26 Å². The molecule has 0 amide bonds. The number of esters is 1.